The van der Waals surface area contributed by atoms with Gasteiger partial charge in [0.05, 0.1) is 10.5 Å². The van der Waals surface area contributed by atoms with Crippen LogP contribution in [0.15, 0.2) is 41.6 Å². The Balaban J connectivity index is 2.46. The molecule has 0 aliphatic carbocycles. The minimum Gasteiger partial charge on any atom is -0.263 e. The molecule has 5 nitrogen and oxygen atoms in total. The first kappa shape index (κ1) is 15.5. The van der Waals surface area contributed by atoms with Crippen LogP contribution in [0, 0.1) is 0 Å². The molecule has 0 aliphatic rings. The summed E-state index contributed by atoms with van der Waals surface area (Å²) < 4.78 is 64.6. The van der Waals surface area contributed by atoms with E-state index >= 15 is 0 Å². The van der Waals surface area contributed by atoms with Gasteiger partial charge in [-0.25, -0.2) is 18.4 Å². The molecule has 0 fully saturated rings. The molecule has 2 rings (SSSR count). The summed E-state index contributed by atoms with van der Waals surface area (Å²) in [4.78, 5) is 6.22. The average Bonchev–Trinajstić information content (AvgIpc) is 2.37. The highest BCUT2D eigenvalue weighted by atomic mass is 35.5. The molecule has 0 amide bonds. The minimum absolute atomic E-state index is 0.0493. The van der Waals surface area contributed by atoms with E-state index in [0.29, 0.717) is 6.07 Å². The largest absolute Gasteiger partial charge is 0.417 e. The molecule has 0 radical (unpaired) electrons. The first-order valence-electron chi connectivity index (χ1n) is 5.37. The Labute approximate surface area is 122 Å². The number of alkyl halides is 3. The highest BCUT2D eigenvalue weighted by Crippen LogP contribution is 2.34. The fourth-order valence-corrected chi connectivity index (χ4v) is 2.89. The molecule has 10 heteroatoms. The lowest BCUT2D eigenvalue weighted by Crippen LogP contribution is -2.19. The maximum atomic E-state index is 12.8. The second-order valence-electron chi connectivity index (χ2n) is 3.83. The molecule has 112 valence electrons. The molecular formula is C11H7ClF3N3O2S. The van der Waals surface area contributed by atoms with Crippen LogP contribution in [-0.4, -0.2) is 18.4 Å². The van der Waals surface area contributed by atoms with Crippen LogP contribution >= 0.6 is 11.6 Å². The molecular weight excluding hydrogens is 331 g/mol. The van der Waals surface area contributed by atoms with Crippen molar-refractivity contribution in [2.75, 3.05) is 4.72 Å². The highest BCUT2D eigenvalue weighted by molar-refractivity contribution is 7.92. The second kappa shape index (κ2) is 5.49. The molecule has 1 N–H and O–H groups in total. The number of nitrogens with zero attached hydrogens (tertiary/aromatic N) is 2. The number of sulfonamides is 1. The van der Waals surface area contributed by atoms with Crippen molar-refractivity contribution in [3.05, 3.63) is 47.4 Å². The third-order valence-corrected chi connectivity index (χ3v) is 3.97. The van der Waals surface area contributed by atoms with E-state index in [9.17, 15) is 21.6 Å². The first-order chi connectivity index (χ1) is 9.70. The van der Waals surface area contributed by atoms with Crippen molar-refractivity contribution in [1.82, 2.24) is 9.97 Å². The predicted molar refractivity (Wildman–Crippen MR) is 69.3 cm³/mol. The number of anilines is 1. The van der Waals surface area contributed by atoms with Crippen LogP contribution in [0.5, 0.6) is 0 Å². The molecule has 0 saturated carbocycles. The lowest BCUT2D eigenvalue weighted by molar-refractivity contribution is -0.139. The molecule has 0 atom stereocenters. The van der Waals surface area contributed by atoms with Crippen molar-refractivity contribution < 1.29 is 21.6 Å². The van der Waals surface area contributed by atoms with Gasteiger partial charge < -0.3 is 0 Å². The molecule has 0 unspecified atom stereocenters. The number of halogens is 4. The Morgan fingerprint density at radius 3 is 2.43 bits per heavy atom. The molecule has 1 aromatic heterocycles. The molecule has 0 saturated heterocycles. The van der Waals surface area contributed by atoms with Gasteiger partial charge in [-0.1, -0.05) is 23.7 Å². The highest BCUT2D eigenvalue weighted by Gasteiger charge is 2.36. The second-order valence-corrected chi connectivity index (χ2v) is 5.86. The monoisotopic (exact) mass is 337 g/mol. The minimum atomic E-state index is -4.80. The summed E-state index contributed by atoms with van der Waals surface area (Å²) in [6, 6.07) is 4.91. The molecule has 1 heterocycles. The van der Waals surface area contributed by atoms with Crippen LogP contribution < -0.4 is 4.72 Å². The Bertz CT molecular complexity index is 765. The van der Waals surface area contributed by atoms with E-state index in [1.807, 2.05) is 4.72 Å². The van der Waals surface area contributed by atoms with E-state index in [-0.39, 0.29) is 11.0 Å². The molecule has 0 bridgehead atoms. The fourth-order valence-electron chi connectivity index (χ4n) is 1.52. The van der Waals surface area contributed by atoms with Gasteiger partial charge in [0.15, 0.2) is 0 Å². The van der Waals surface area contributed by atoms with E-state index in [0.717, 1.165) is 24.5 Å². The summed E-state index contributed by atoms with van der Waals surface area (Å²) in [6.45, 7) is 0. The predicted octanol–water partition coefficient (Wildman–Crippen LogP) is 2.95. The van der Waals surface area contributed by atoms with E-state index in [1.54, 1.807) is 0 Å². The molecule has 21 heavy (non-hydrogen) atoms. The Morgan fingerprint density at radius 2 is 1.81 bits per heavy atom. The van der Waals surface area contributed by atoms with Gasteiger partial charge in [0.25, 0.3) is 10.0 Å². The van der Waals surface area contributed by atoms with Crippen molar-refractivity contribution in [3.8, 4) is 0 Å². The van der Waals surface area contributed by atoms with Crippen molar-refractivity contribution in [1.29, 1.82) is 0 Å². The van der Waals surface area contributed by atoms with Crippen LogP contribution in [0.3, 0.4) is 0 Å². The summed E-state index contributed by atoms with van der Waals surface area (Å²) in [7, 11) is -4.46. The Kier molecular flexibility index (Phi) is 4.06. The summed E-state index contributed by atoms with van der Waals surface area (Å²) in [6.07, 6.45) is -3.81. The lowest BCUT2D eigenvalue weighted by Gasteiger charge is -2.13. The summed E-state index contributed by atoms with van der Waals surface area (Å²) in [5, 5.41) is -0.0493. The average molecular weight is 338 g/mol. The first-order valence-corrected chi connectivity index (χ1v) is 7.23. The SMILES string of the molecule is O=S(=O)(Nc1cc(Cl)ncn1)c1ccccc1C(F)(F)F. The molecule has 0 aliphatic heterocycles. The number of hydrogen-bond donors (Lipinski definition) is 1. The lowest BCUT2D eigenvalue weighted by atomic mass is 10.2. The van der Waals surface area contributed by atoms with Gasteiger partial charge in [0, 0.05) is 6.07 Å². The number of aromatic nitrogens is 2. The number of hydrogen-bond acceptors (Lipinski definition) is 4. The van der Waals surface area contributed by atoms with Crippen molar-refractivity contribution in [3.63, 3.8) is 0 Å². The number of nitrogens with one attached hydrogen (secondary N) is 1. The van der Waals surface area contributed by atoms with Gasteiger partial charge in [0.1, 0.15) is 17.3 Å². The zero-order valence-corrected chi connectivity index (χ0v) is 11.7. The van der Waals surface area contributed by atoms with Gasteiger partial charge in [-0.3, -0.25) is 4.72 Å². The van der Waals surface area contributed by atoms with E-state index in [1.165, 1.54) is 6.07 Å². The molecule has 2 aromatic rings. The zero-order valence-electron chi connectivity index (χ0n) is 10.1. The van der Waals surface area contributed by atoms with E-state index < -0.39 is 26.7 Å². The van der Waals surface area contributed by atoms with Crippen molar-refractivity contribution in [2.45, 2.75) is 11.1 Å². The van der Waals surface area contributed by atoms with Crippen LogP contribution in [0.25, 0.3) is 0 Å². The van der Waals surface area contributed by atoms with Gasteiger partial charge >= 0.3 is 6.18 Å². The topological polar surface area (TPSA) is 72.0 Å². The third kappa shape index (κ3) is 3.61. The van der Waals surface area contributed by atoms with E-state index in [2.05, 4.69) is 9.97 Å². The Morgan fingerprint density at radius 1 is 1.14 bits per heavy atom. The van der Waals surface area contributed by atoms with Gasteiger partial charge in [0.2, 0.25) is 0 Å². The van der Waals surface area contributed by atoms with Crippen LogP contribution in [-0.2, 0) is 16.2 Å². The van der Waals surface area contributed by atoms with Crippen molar-refractivity contribution in [2.24, 2.45) is 0 Å². The van der Waals surface area contributed by atoms with Crippen molar-refractivity contribution >= 4 is 27.4 Å². The van der Waals surface area contributed by atoms with Crippen LogP contribution in [0.2, 0.25) is 5.15 Å². The van der Waals surface area contributed by atoms with Crippen LogP contribution in [0.4, 0.5) is 19.0 Å². The summed E-state index contributed by atoms with van der Waals surface area (Å²) >= 11 is 5.56. The van der Waals surface area contributed by atoms with Gasteiger partial charge in [-0.05, 0) is 12.1 Å². The third-order valence-electron chi connectivity index (χ3n) is 2.35. The Hall–Kier alpha value is -1.87. The number of benzene rings is 1. The maximum absolute atomic E-state index is 12.8. The van der Waals surface area contributed by atoms with Gasteiger partial charge in [-0.2, -0.15) is 13.2 Å². The quantitative estimate of drug-likeness (QED) is 0.874. The van der Waals surface area contributed by atoms with Crippen LogP contribution in [0.1, 0.15) is 5.56 Å². The smallest absolute Gasteiger partial charge is 0.263 e. The van der Waals surface area contributed by atoms with E-state index in [4.69, 9.17) is 11.6 Å². The standard InChI is InChI=1S/C11H7ClF3N3O2S/c12-9-5-10(17-6-16-9)18-21(19,20)8-4-2-1-3-7(8)11(13,14)15/h1-6H,(H,16,17,18). The summed E-state index contributed by atoms with van der Waals surface area (Å²) in [5.74, 6) is -0.230. The fraction of sp³-hybridized carbons (Fsp3) is 0.0909. The van der Waals surface area contributed by atoms with Gasteiger partial charge in [-0.15, -0.1) is 0 Å². The zero-order chi connectivity index (χ0) is 15.7. The number of rotatable bonds is 3. The molecule has 1 aromatic carbocycles. The normalized spacial score (nSPS) is 12.2. The molecule has 0 spiro atoms. The summed E-state index contributed by atoms with van der Waals surface area (Å²) in [5.41, 5.74) is -1.27. The maximum Gasteiger partial charge on any atom is 0.417 e.